The molecule has 1 heterocycles. The minimum atomic E-state index is -0.489. The number of ether oxygens (including phenoxy) is 2. The van der Waals surface area contributed by atoms with Crippen molar-refractivity contribution in [3.63, 3.8) is 0 Å². The summed E-state index contributed by atoms with van der Waals surface area (Å²) in [7, 11) is 1.47. The fraction of sp³-hybridized carbons (Fsp3) is 0.100. The number of benzene rings is 2. The lowest BCUT2D eigenvalue weighted by Gasteiger charge is -2.10. The summed E-state index contributed by atoms with van der Waals surface area (Å²) in [6.07, 6.45) is 1.45. The van der Waals surface area contributed by atoms with Crippen molar-refractivity contribution < 1.29 is 19.1 Å². The lowest BCUT2D eigenvalue weighted by atomic mass is 10.2. The van der Waals surface area contributed by atoms with Crippen molar-refractivity contribution in [2.45, 2.75) is 6.92 Å². The molecule has 0 aliphatic rings. The van der Waals surface area contributed by atoms with Crippen LogP contribution in [0.1, 0.15) is 31.3 Å². The van der Waals surface area contributed by atoms with Gasteiger partial charge >= 0.3 is 5.97 Å². The Morgan fingerprint density at radius 1 is 1.17 bits per heavy atom. The number of hydrogen-bond donors (Lipinski definition) is 2. The number of carbonyl (C=O) groups is 2. The van der Waals surface area contributed by atoms with E-state index in [1.165, 1.54) is 13.3 Å². The topological polar surface area (TPSA) is 116 Å². The van der Waals surface area contributed by atoms with Gasteiger partial charge in [0.05, 0.1) is 24.6 Å². The van der Waals surface area contributed by atoms with Gasteiger partial charge in [-0.2, -0.15) is 5.10 Å². The summed E-state index contributed by atoms with van der Waals surface area (Å²) >= 11 is 1.09. The minimum absolute atomic E-state index is 0.276. The van der Waals surface area contributed by atoms with Crippen molar-refractivity contribution in [1.29, 1.82) is 0 Å². The minimum Gasteiger partial charge on any atom is -0.493 e. The first-order chi connectivity index (χ1) is 14.0. The third-order valence-electron chi connectivity index (χ3n) is 3.80. The van der Waals surface area contributed by atoms with Crippen LogP contribution in [0.5, 0.6) is 11.5 Å². The van der Waals surface area contributed by atoms with Crippen molar-refractivity contribution in [3.8, 4) is 11.5 Å². The van der Waals surface area contributed by atoms with Gasteiger partial charge in [-0.15, -0.1) is 0 Å². The maximum atomic E-state index is 12.2. The highest BCUT2D eigenvalue weighted by atomic mass is 32.1. The number of hydrazone groups is 1. The molecule has 0 saturated carbocycles. The van der Waals surface area contributed by atoms with Crippen LogP contribution in [0, 0.1) is 6.92 Å². The number of aromatic nitrogens is 1. The van der Waals surface area contributed by atoms with Crippen molar-refractivity contribution in [1.82, 2.24) is 10.4 Å². The molecule has 3 N–H and O–H groups in total. The largest absolute Gasteiger partial charge is 0.493 e. The van der Waals surface area contributed by atoms with Crippen LogP contribution in [0.2, 0.25) is 0 Å². The molecule has 0 fully saturated rings. The van der Waals surface area contributed by atoms with E-state index in [1.54, 1.807) is 49.4 Å². The van der Waals surface area contributed by atoms with Gasteiger partial charge in [-0.1, -0.05) is 29.5 Å². The highest BCUT2D eigenvalue weighted by molar-refractivity contribution is 7.17. The van der Waals surface area contributed by atoms with Crippen molar-refractivity contribution in [3.05, 3.63) is 70.2 Å². The number of hydrogen-bond acceptors (Lipinski definition) is 8. The van der Waals surface area contributed by atoms with Crippen LogP contribution in [-0.4, -0.2) is 30.2 Å². The molecule has 3 aromatic rings. The van der Waals surface area contributed by atoms with E-state index in [0.29, 0.717) is 32.6 Å². The SMILES string of the molecule is COc1cc(/C=N\NC(=O)c2sc(N)nc2C)ccc1OC(=O)c1ccccc1. The van der Waals surface area contributed by atoms with Crippen LogP contribution in [0.3, 0.4) is 0 Å². The second-order valence-corrected chi connectivity index (χ2v) is 6.86. The third kappa shape index (κ3) is 4.96. The van der Waals surface area contributed by atoms with Gasteiger partial charge in [0.25, 0.3) is 5.91 Å². The summed E-state index contributed by atoms with van der Waals surface area (Å²) in [5.74, 6) is -0.251. The molecule has 0 atom stereocenters. The van der Waals surface area contributed by atoms with E-state index in [1.807, 2.05) is 6.07 Å². The van der Waals surface area contributed by atoms with Crippen LogP contribution < -0.4 is 20.6 Å². The van der Waals surface area contributed by atoms with Crippen LogP contribution in [0.15, 0.2) is 53.6 Å². The Bertz CT molecular complexity index is 1060. The number of nitrogens with zero attached hydrogens (tertiary/aromatic N) is 2. The number of anilines is 1. The highest BCUT2D eigenvalue weighted by Gasteiger charge is 2.14. The molecule has 0 bridgehead atoms. The molecule has 0 saturated heterocycles. The number of carbonyl (C=O) groups excluding carboxylic acids is 2. The number of methoxy groups -OCH3 is 1. The molecule has 148 valence electrons. The highest BCUT2D eigenvalue weighted by Crippen LogP contribution is 2.28. The summed E-state index contributed by atoms with van der Waals surface area (Å²) < 4.78 is 10.7. The summed E-state index contributed by atoms with van der Waals surface area (Å²) in [6.45, 7) is 1.70. The van der Waals surface area contributed by atoms with Gasteiger partial charge in [0.2, 0.25) is 0 Å². The predicted octanol–water partition coefficient (Wildman–Crippen LogP) is 3.03. The number of nitrogen functional groups attached to an aromatic ring is 1. The van der Waals surface area contributed by atoms with Gasteiger partial charge in [0.15, 0.2) is 16.6 Å². The Morgan fingerprint density at radius 3 is 2.59 bits per heavy atom. The predicted molar refractivity (Wildman–Crippen MR) is 111 cm³/mol. The van der Waals surface area contributed by atoms with Crippen molar-refractivity contribution in [2.75, 3.05) is 12.8 Å². The Morgan fingerprint density at radius 2 is 1.93 bits per heavy atom. The molecule has 0 aliphatic carbocycles. The standard InChI is InChI=1S/C20H18N4O4S/c1-12-17(29-20(21)23-12)18(25)24-22-11-13-8-9-15(16(10-13)27-2)28-19(26)14-6-4-3-5-7-14/h3-11H,1-2H3,(H2,21,23)(H,24,25)/b22-11-. The van der Waals surface area contributed by atoms with Gasteiger partial charge in [0, 0.05) is 0 Å². The number of aryl methyl sites for hydroxylation is 1. The van der Waals surface area contributed by atoms with Crippen molar-refractivity contribution in [2.24, 2.45) is 5.10 Å². The van der Waals surface area contributed by atoms with Gasteiger partial charge in [0.1, 0.15) is 4.88 Å². The zero-order valence-electron chi connectivity index (χ0n) is 15.7. The molecule has 0 spiro atoms. The molecule has 1 aromatic heterocycles. The smallest absolute Gasteiger partial charge is 0.343 e. The molecule has 3 rings (SSSR count). The first-order valence-electron chi connectivity index (χ1n) is 8.49. The van der Waals surface area contributed by atoms with Gasteiger partial charge in [-0.3, -0.25) is 4.79 Å². The third-order valence-corrected chi connectivity index (χ3v) is 4.78. The Hall–Kier alpha value is -3.72. The van der Waals surface area contributed by atoms with Crippen LogP contribution in [0.25, 0.3) is 0 Å². The number of amides is 1. The normalized spacial score (nSPS) is 10.7. The maximum Gasteiger partial charge on any atom is 0.343 e. The molecule has 29 heavy (non-hydrogen) atoms. The first kappa shape index (κ1) is 20.0. The maximum absolute atomic E-state index is 12.2. The van der Waals surface area contributed by atoms with Gasteiger partial charge < -0.3 is 15.2 Å². The zero-order valence-corrected chi connectivity index (χ0v) is 16.5. The second kappa shape index (κ2) is 8.98. The van der Waals surface area contributed by atoms with Gasteiger partial charge in [-0.05, 0) is 42.8 Å². The molecular formula is C20H18N4O4S. The second-order valence-electron chi connectivity index (χ2n) is 5.83. The lowest BCUT2D eigenvalue weighted by Crippen LogP contribution is -2.17. The first-order valence-corrected chi connectivity index (χ1v) is 9.31. The van der Waals surface area contributed by atoms with E-state index >= 15 is 0 Å². The molecular weight excluding hydrogens is 392 g/mol. The van der Waals surface area contributed by atoms with E-state index in [4.69, 9.17) is 15.2 Å². The van der Waals surface area contributed by atoms with E-state index in [2.05, 4.69) is 15.5 Å². The van der Waals surface area contributed by atoms with Crippen molar-refractivity contribution >= 4 is 34.6 Å². The fourth-order valence-electron chi connectivity index (χ4n) is 2.43. The van der Waals surface area contributed by atoms with Gasteiger partial charge in [-0.25, -0.2) is 15.2 Å². The Kier molecular flexibility index (Phi) is 6.20. The number of esters is 1. The average molecular weight is 410 g/mol. The fourth-order valence-corrected chi connectivity index (χ4v) is 3.15. The summed E-state index contributed by atoms with van der Waals surface area (Å²) in [4.78, 5) is 28.7. The molecule has 0 aliphatic heterocycles. The number of nitrogens with one attached hydrogen (secondary N) is 1. The van der Waals surface area contributed by atoms with Crippen LogP contribution >= 0.6 is 11.3 Å². The molecule has 0 radical (unpaired) electrons. The molecule has 8 nitrogen and oxygen atoms in total. The zero-order chi connectivity index (χ0) is 20.8. The Labute approximate surface area is 171 Å². The van der Waals surface area contributed by atoms with E-state index < -0.39 is 11.9 Å². The summed E-state index contributed by atoms with van der Waals surface area (Å²) in [5, 5.41) is 4.25. The average Bonchev–Trinajstić information content (AvgIpc) is 3.07. The van der Waals surface area contributed by atoms with Crippen LogP contribution in [-0.2, 0) is 0 Å². The monoisotopic (exact) mass is 410 g/mol. The molecule has 2 aromatic carbocycles. The molecule has 1 amide bonds. The quantitative estimate of drug-likeness (QED) is 0.279. The van der Waals surface area contributed by atoms with E-state index in [-0.39, 0.29) is 5.75 Å². The lowest BCUT2D eigenvalue weighted by molar-refractivity contribution is 0.0729. The van der Waals surface area contributed by atoms with E-state index in [0.717, 1.165) is 11.3 Å². The number of thiazole rings is 1. The Balaban J connectivity index is 1.68. The molecule has 9 heteroatoms. The summed E-state index contributed by atoms with van der Waals surface area (Å²) in [6, 6.07) is 13.6. The van der Waals surface area contributed by atoms with E-state index in [9.17, 15) is 9.59 Å². The number of nitrogens with two attached hydrogens (primary N) is 1. The van der Waals surface area contributed by atoms with Crippen LogP contribution in [0.4, 0.5) is 5.13 Å². The summed E-state index contributed by atoms with van der Waals surface area (Å²) in [5.41, 5.74) is 9.64. The molecule has 0 unspecified atom stereocenters. The number of rotatable bonds is 6.